The molecule has 0 radical (unpaired) electrons. The SMILES string of the molecule is CCOC(=O)c1cc(C)n([BH-](n2nc(C(=O)OCC)cc2C)n2nc(C(=O)OCC)cc2C)n1. The zero-order valence-electron chi connectivity index (χ0n) is 20.2. The second kappa shape index (κ2) is 10.4. The van der Waals surface area contributed by atoms with E-state index in [1.165, 1.54) is 0 Å². The number of aryl methyl sites for hydroxylation is 3. The van der Waals surface area contributed by atoms with Gasteiger partial charge in [0.2, 0.25) is 0 Å². The normalized spacial score (nSPS) is 11.0. The number of ether oxygens (including phenoxy) is 3. The summed E-state index contributed by atoms with van der Waals surface area (Å²) >= 11 is 0. The Hall–Kier alpha value is -3.90. The van der Waals surface area contributed by atoms with E-state index in [2.05, 4.69) is 15.3 Å². The summed E-state index contributed by atoms with van der Waals surface area (Å²) in [6.45, 7) is 11.1. The molecule has 0 unspecified atom stereocenters. The van der Waals surface area contributed by atoms with E-state index in [4.69, 9.17) is 14.2 Å². The first-order valence-corrected chi connectivity index (χ1v) is 11.1. The van der Waals surface area contributed by atoms with Crippen LogP contribution in [0.25, 0.3) is 0 Å². The zero-order valence-corrected chi connectivity index (χ0v) is 20.2. The molecule has 0 aliphatic heterocycles. The van der Waals surface area contributed by atoms with Crippen LogP contribution in [0.15, 0.2) is 18.2 Å². The number of nitrogens with zero attached hydrogens (tertiary/aromatic N) is 6. The largest absolute Gasteiger partial charge is 0.461 e. The predicted octanol–water partition coefficient (Wildman–Crippen LogP) is 1.39. The Labute approximate surface area is 196 Å². The number of hydrogen-bond acceptors (Lipinski definition) is 9. The summed E-state index contributed by atoms with van der Waals surface area (Å²) in [5.41, 5.74) is 2.31. The number of rotatable bonds is 9. The van der Waals surface area contributed by atoms with E-state index in [1.807, 2.05) is 0 Å². The van der Waals surface area contributed by atoms with Gasteiger partial charge in [-0.1, -0.05) is 0 Å². The van der Waals surface area contributed by atoms with E-state index < -0.39 is 25.0 Å². The van der Waals surface area contributed by atoms with Crippen molar-refractivity contribution < 1.29 is 28.6 Å². The topological polar surface area (TPSA) is 132 Å². The summed E-state index contributed by atoms with van der Waals surface area (Å²) < 4.78 is 20.1. The molecule has 0 N–H and O–H groups in total. The highest BCUT2D eigenvalue weighted by Gasteiger charge is 2.25. The number of carbonyl (C=O) groups excluding carboxylic acids is 3. The van der Waals surface area contributed by atoms with E-state index in [9.17, 15) is 14.4 Å². The lowest BCUT2D eigenvalue weighted by Crippen LogP contribution is -2.46. The van der Waals surface area contributed by atoms with E-state index in [0.717, 1.165) is 0 Å². The summed E-state index contributed by atoms with van der Waals surface area (Å²) in [5.74, 6) is -1.68. The molecule has 182 valence electrons. The third-order valence-corrected chi connectivity index (χ3v) is 5.20. The van der Waals surface area contributed by atoms with Gasteiger partial charge < -0.3 is 28.0 Å². The van der Waals surface area contributed by atoms with Crippen LogP contribution in [0.2, 0.25) is 0 Å². The van der Waals surface area contributed by atoms with Crippen LogP contribution in [0.3, 0.4) is 0 Å². The lowest BCUT2D eigenvalue weighted by molar-refractivity contribution is 0.0510. The Morgan fingerprint density at radius 3 is 1.15 bits per heavy atom. The molecule has 0 bridgehead atoms. The lowest BCUT2D eigenvalue weighted by atomic mass is 9.93. The summed E-state index contributed by atoms with van der Waals surface area (Å²) in [5, 5.41) is 13.4. The average molecular weight is 471 g/mol. The number of aromatic nitrogens is 6. The second-order valence-electron chi connectivity index (χ2n) is 7.60. The van der Waals surface area contributed by atoms with Crippen LogP contribution in [0, 0.1) is 20.8 Å². The zero-order chi connectivity index (χ0) is 25.0. The monoisotopic (exact) mass is 471 g/mol. The Kier molecular flexibility index (Phi) is 7.54. The van der Waals surface area contributed by atoms with Gasteiger partial charge in [0, 0.05) is 0 Å². The minimum atomic E-state index is -2.00. The van der Waals surface area contributed by atoms with Crippen LogP contribution in [-0.2, 0) is 14.2 Å². The van der Waals surface area contributed by atoms with Crippen LogP contribution < -0.4 is 0 Å². The molecule has 0 spiro atoms. The van der Waals surface area contributed by atoms with Crippen molar-refractivity contribution in [2.45, 2.75) is 41.5 Å². The highest BCUT2D eigenvalue weighted by atomic mass is 16.5. The molecule has 0 atom stereocenters. The number of carbonyl (C=O) groups is 3. The van der Waals surface area contributed by atoms with E-state index in [-0.39, 0.29) is 36.9 Å². The third kappa shape index (κ3) is 4.87. The molecule has 0 aliphatic rings. The Morgan fingerprint density at radius 2 is 0.912 bits per heavy atom. The van der Waals surface area contributed by atoms with Gasteiger partial charge in [-0.3, -0.25) is 0 Å². The highest BCUT2D eigenvalue weighted by Crippen LogP contribution is 2.15. The molecule has 0 aromatic carbocycles. The van der Waals surface area contributed by atoms with Crippen LogP contribution in [-0.4, -0.2) is 73.9 Å². The molecule has 0 saturated carbocycles. The maximum Gasteiger partial charge on any atom is 0.358 e. The van der Waals surface area contributed by atoms with Crippen LogP contribution >= 0.6 is 0 Å². The summed E-state index contributed by atoms with van der Waals surface area (Å²) in [4.78, 5) is 36.9. The first kappa shape index (κ1) is 24.7. The van der Waals surface area contributed by atoms with Gasteiger partial charge in [0.25, 0.3) is 0 Å². The molecule has 0 saturated heterocycles. The number of hydrogen-bond donors (Lipinski definition) is 0. The highest BCUT2D eigenvalue weighted by molar-refractivity contribution is 6.53. The minimum absolute atomic E-state index is 0.128. The average Bonchev–Trinajstić information content (AvgIpc) is 3.47. The second-order valence-corrected chi connectivity index (χ2v) is 7.60. The van der Waals surface area contributed by atoms with Gasteiger partial charge in [-0.15, -0.1) is 0 Å². The third-order valence-electron chi connectivity index (χ3n) is 5.20. The van der Waals surface area contributed by atoms with E-state index >= 15 is 0 Å². The van der Waals surface area contributed by atoms with Crippen molar-refractivity contribution in [2.24, 2.45) is 0 Å². The quantitative estimate of drug-likeness (QED) is 0.258. The standard InChI is InChI=1S/C21H28BN6O6/c1-7-32-19(29)16-10-13(4)26(23-16)22(27-14(5)11-17(24-27)20(30)33-8-2)28-15(6)12-18(25-28)21(31)34-9-3/h10-12,22H,7-9H2,1-6H3/q-1. The molecule has 0 aliphatic carbocycles. The molecule has 0 fully saturated rings. The molecule has 34 heavy (non-hydrogen) atoms. The van der Waals surface area contributed by atoms with E-state index in [1.54, 1.807) is 73.5 Å². The molecule has 13 heteroatoms. The molecule has 3 aromatic rings. The summed E-state index contributed by atoms with van der Waals surface area (Å²) in [6, 6.07) is 4.82. The maximum absolute atomic E-state index is 12.3. The molecule has 3 aromatic heterocycles. The Morgan fingerprint density at radius 1 is 0.647 bits per heavy atom. The molecular formula is C21H28BN6O6-. The first-order valence-electron chi connectivity index (χ1n) is 11.1. The van der Waals surface area contributed by atoms with Gasteiger partial charge in [0.05, 0.1) is 19.8 Å². The fourth-order valence-corrected chi connectivity index (χ4v) is 3.68. The molecule has 3 rings (SSSR count). The summed E-state index contributed by atoms with van der Waals surface area (Å²) in [7, 11) is -2.00. The Balaban J connectivity index is 2.18. The molecule has 0 amide bonds. The smallest absolute Gasteiger partial charge is 0.358 e. The van der Waals surface area contributed by atoms with Crippen molar-refractivity contribution in [3.63, 3.8) is 0 Å². The van der Waals surface area contributed by atoms with Gasteiger partial charge in [0.15, 0.2) is 17.1 Å². The van der Waals surface area contributed by atoms with Crippen LogP contribution in [0.1, 0.15) is 69.3 Å². The number of esters is 3. The van der Waals surface area contributed by atoms with Crippen molar-refractivity contribution in [2.75, 3.05) is 19.8 Å². The lowest BCUT2D eigenvalue weighted by Gasteiger charge is -2.30. The van der Waals surface area contributed by atoms with Gasteiger partial charge >= 0.3 is 25.0 Å². The van der Waals surface area contributed by atoms with Crippen molar-refractivity contribution in [1.82, 2.24) is 29.1 Å². The van der Waals surface area contributed by atoms with Crippen molar-refractivity contribution in [3.8, 4) is 0 Å². The van der Waals surface area contributed by atoms with E-state index in [0.29, 0.717) is 17.1 Å². The van der Waals surface area contributed by atoms with Gasteiger partial charge in [-0.2, -0.15) is 0 Å². The van der Waals surface area contributed by atoms with Crippen LogP contribution in [0.4, 0.5) is 0 Å². The van der Waals surface area contributed by atoms with Crippen LogP contribution in [0.5, 0.6) is 0 Å². The summed E-state index contributed by atoms with van der Waals surface area (Å²) in [6.07, 6.45) is 0. The fourth-order valence-electron chi connectivity index (χ4n) is 3.68. The predicted molar refractivity (Wildman–Crippen MR) is 122 cm³/mol. The van der Waals surface area contributed by atoms with Crippen molar-refractivity contribution >= 4 is 25.0 Å². The van der Waals surface area contributed by atoms with Gasteiger partial charge in [0.1, 0.15) is 0 Å². The van der Waals surface area contributed by atoms with Gasteiger partial charge in [-0.05, 0) is 76.8 Å². The molecular weight excluding hydrogens is 443 g/mol. The fraction of sp³-hybridized carbons (Fsp3) is 0.429. The Bertz CT molecular complexity index is 1060. The van der Waals surface area contributed by atoms with Gasteiger partial charge in [-0.25, -0.2) is 29.7 Å². The maximum atomic E-state index is 12.3. The van der Waals surface area contributed by atoms with Crippen molar-refractivity contribution in [1.29, 1.82) is 0 Å². The van der Waals surface area contributed by atoms with Crippen molar-refractivity contribution in [3.05, 3.63) is 52.4 Å². The molecule has 3 heterocycles. The molecule has 12 nitrogen and oxygen atoms in total. The minimum Gasteiger partial charge on any atom is -0.461 e. The first-order chi connectivity index (χ1) is 16.2.